The van der Waals surface area contributed by atoms with Crippen LogP contribution in [0.4, 0.5) is 8.78 Å². The average Bonchev–Trinajstić information content (AvgIpc) is 2.55. The maximum Gasteiger partial charge on any atom is 0.323 e. The summed E-state index contributed by atoms with van der Waals surface area (Å²) in [7, 11) is 0. The van der Waals surface area contributed by atoms with Crippen molar-refractivity contribution in [3.8, 4) is 0 Å². The smallest absolute Gasteiger partial charge is 0.323 e. The predicted molar refractivity (Wildman–Crippen MR) is 63.3 cm³/mol. The maximum absolute atomic E-state index is 13.0. The van der Waals surface area contributed by atoms with Crippen molar-refractivity contribution in [3.63, 3.8) is 0 Å². The average molecular weight is 281 g/mol. The lowest BCUT2D eigenvalue weighted by atomic mass is 10.1. The summed E-state index contributed by atoms with van der Waals surface area (Å²) in [5.74, 6) is -4.35. The van der Waals surface area contributed by atoms with E-state index in [2.05, 4.69) is 0 Å². The number of nitrogens with zero attached hydrogens (tertiary/aromatic N) is 1. The van der Waals surface area contributed by atoms with Gasteiger partial charge in [0.25, 0.3) is 5.91 Å². The van der Waals surface area contributed by atoms with Gasteiger partial charge in [-0.05, 0) is 23.8 Å². The van der Waals surface area contributed by atoms with Gasteiger partial charge < -0.3 is 5.11 Å². The molecule has 5 nitrogen and oxygen atoms in total. The molecule has 104 valence electrons. The Kier molecular flexibility index (Phi) is 3.60. The van der Waals surface area contributed by atoms with Gasteiger partial charge >= 0.3 is 5.97 Å². The monoisotopic (exact) mass is 281 g/mol. The van der Waals surface area contributed by atoms with Crippen molar-refractivity contribution in [2.24, 2.45) is 0 Å². The molecule has 1 N–H and O–H groups in total. The molecule has 2 rings (SSSR count). The number of likely N-dealkylation sites (tertiary alicyclic amines) is 1. The van der Waals surface area contributed by atoms with Gasteiger partial charge in [0.15, 0.2) is 0 Å². The minimum Gasteiger partial charge on any atom is -0.480 e. The van der Waals surface area contributed by atoms with E-state index in [-0.39, 0.29) is 17.6 Å². The van der Waals surface area contributed by atoms with Crippen LogP contribution in [0.15, 0.2) is 23.8 Å². The van der Waals surface area contributed by atoms with E-state index in [1.54, 1.807) is 0 Å². The second-order valence-corrected chi connectivity index (χ2v) is 4.23. The van der Waals surface area contributed by atoms with Crippen LogP contribution in [0.25, 0.3) is 6.08 Å². The Balaban J connectivity index is 2.29. The summed E-state index contributed by atoms with van der Waals surface area (Å²) < 4.78 is 26.0. The molecule has 0 unspecified atom stereocenters. The Morgan fingerprint density at radius 1 is 1.25 bits per heavy atom. The zero-order valence-corrected chi connectivity index (χ0v) is 10.1. The van der Waals surface area contributed by atoms with E-state index in [1.807, 2.05) is 0 Å². The van der Waals surface area contributed by atoms with Crippen LogP contribution in [0.1, 0.15) is 12.0 Å². The summed E-state index contributed by atoms with van der Waals surface area (Å²) in [4.78, 5) is 34.4. The zero-order valence-electron chi connectivity index (χ0n) is 10.1. The molecule has 0 saturated carbocycles. The van der Waals surface area contributed by atoms with Crippen molar-refractivity contribution < 1.29 is 28.3 Å². The van der Waals surface area contributed by atoms with Crippen molar-refractivity contribution in [1.82, 2.24) is 4.90 Å². The number of hydrogen-bond donors (Lipinski definition) is 1. The first-order chi connectivity index (χ1) is 9.36. The lowest BCUT2D eigenvalue weighted by molar-refractivity contribution is -0.148. The maximum atomic E-state index is 13.0. The molecule has 20 heavy (non-hydrogen) atoms. The van der Waals surface area contributed by atoms with E-state index in [9.17, 15) is 23.2 Å². The third-order valence-electron chi connectivity index (χ3n) is 2.68. The van der Waals surface area contributed by atoms with Gasteiger partial charge in [-0.2, -0.15) is 0 Å². The molecule has 1 aromatic carbocycles. The minimum atomic E-state index is -1.32. The topological polar surface area (TPSA) is 74.7 Å². The molecule has 0 aliphatic carbocycles. The molecule has 7 heteroatoms. The van der Waals surface area contributed by atoms with Crippen LogP contribution in [0.5, 0.6) is 0 Å². The number of imide groups is 1. The zero-order chi connectivity index (χ0) is 14.9. The summed E-state index contributed by atoms with van der Waals surface area (Å²) >= 11 is 0. The third-order valence-corrected chi connectivity index (χ3v) is 2.68. The van der Waals surface area contributed by atoms with Crippen molar-refractivity contribution in [3.05, 3.63) is 41.0 Å². The van der Waals surface area contributed by atoms with E-state index in [0.29, 0.717) is 11.0 Å². The van der Waals surface area contributed by atoms with Gasteiger partial charge in [-0.3, -0.25) is 19.3 Å². The number of benzene rings is 1. The highest BCUT2D eigenvalue weighted by Gasteiger charge is 2.34. The molecule has 1 saturated heterocycles. The molecule has 2 amide bonds. The quantitative estimate of drug-likeness (QED) is 0.667. The van der Waals surface area contributed by atoms with Crippen LogP contribution < -0.4 is 0 Å². The Morgan fingerprint density at radius 2 is 1.85 bits per heavy atom. The molecule has 1 aliphatic heterocycles. The number of halogens is 2. The summed E-state index contributed by atoms with van der Waals surface area (Å²) in [6, 6.07) is 2.70. The molecule has 0 atom stereocenters. The number of hydrogen-bond acceptors (Lipinski definition) is 3. The fraction of sp³-hybridized carbons (Fsp3) is 0.154. The number of carboxylic acids is 1. The molecule has 1 aromatic rings. The molecule has 0 aromatic heterocycles. The standard InChI is InChI=1S/C13H9F2NO4/c14-9-2-7(3-10(15)5-9)1-8-4-11(17)16(13(8)20)6-12(18)19/h1-3,5H,4,6H2,(H,18,19)/b8-1+. The summed E-state index contributed by atoms with van der Waals surface area (Å²) in [5, 5.41) is 8.59. The Hall–Kier alpha value is -2.57. The van der Waals surface area contributed by atoms with Crippen LogP contribution in [0.2, 0.25) is 0 Å². The minimum absolute atomic E-state index is 0.00116. The fourth-order valence-corrected chi connectivity index (χ4v) is 1.89. The second-order valence-electron chi connectivity index (χ2n) is 4.23. The van der Waals surface area contributed by atoms with E-state index in [0.717, 1.165) is 12.1 Å². The number of carboxylic acid groups (broad SMARTS) is 1. The van der Waals surface area contributed by atoms with Crippen LogP contribution in [-0.4, -0.2) is 34.3 Å². The Labute approximate surface area is 112 Å². The Bertz CT molecular complexity index is 619. The van der Waals surface area contributed by atoms with Gasteiger partial charge in [0.1, 0.15) is 18.2 Å². The first kappa shape index (κ1) is 13.9. The van der Waals surface area contributed by atoms with Crippen LogP contribution in [0, 0.1) is 11.6 Å². The van der Waals surface area contributed by atoms with Gasteiger partial charge in [0.2, 0.25) is 5.91 Å². The van der Waals surface area contributed by atoms with Crippen molar-refractivity contribution in [1.29, 1.82) is 0 Å². The van der Waals surface area contributed by atoms with Crippen LogP contribution in [0.3, 0.4) is 0 Å². The molecular formula is C13H9F2NO4. The lowest BCUT2D eigenvalue weighted by Crippen LogP contribution is -2.34. The van der Waals surface area contributed by atoms with Gasteiger partial charge in [0.05, 0.1) is 6.42 Å². The predicted octanol–water partition coefficient (Wildman–Crippen LogP) is 1.19. The highest BCUT2D eigenvalue weighted by atomic mass is 19.1. The summed E-state index contributed by atoms with van der Waals surface area (Å²) in [6.07, 6.45) is 0.887. The van der Waals surface area contributed by atoms with E-state index in [4.69, 9.17) is 5.11 Å². The van der Waals surface area contributed by atoms with Crippen molar-refractivity contribution in [2.45, 2.75) is 6.42 Å². The molecule has 0 radical (unpaired) electrons. The van der Waals surface area contributed by atoms with Gasteiger partial charge in [-0.15, -0.1) is 0 Å². The highest BCUT2D eigenvalue weighted by Crippen LogP contribution is 2.22. The van der Waals surface area contributed by atoms with Crippen molar-refractivity contribution in [2.75, 3.05) is 6.54 Å². The first-order valence-electron chi connectivity index (χ1n) is 5.60. The number of rotatable bonds is 3. The fourth-order valence-electron chi connectivity index (χ4n) is 1.89. The first-order valence-corrected chi connectivity index (χ1v) is 5.60. The normalized spacial score (nSPS) is 17.1. The third kappa shape index (κ3) is 2.87. The summed E-state index contributed by atoms with van der Waals surface area (Å²) in [6.45, 7) is -0.730. The molecule has 0 bridgehead atoms. The number of carbonyl (C=O) groups excluding carboxylic acids is 2. The van der Waals surface area contributed by atoms with Gasteiger partial charge in [-0.25, -0.2) is 8.78 Å². The van der Waals surface area contributed by atoms with E-state index >= 15 is 0 Å². The number of aliphatic carboxylic acids is 1. The molecule has 0 spiro atoms. The second kappa shape index (κ2) is 5.20. The van der Waals surface area contributed by atoms with Crippen molar-refractivity contribution >= 4 is 23.9 Å². The van der Waals surface area contributed by atoms with E-state index in [1.165, 1.54) is 6.08 Å². The summed E-state index contributed by atoms with van der Waals surface area (Å²) in [5.41, 5.74) is 0.0945. The Morgan fingerprint density at radius 3 is 2.40 bits per heavy atom. The number of amides is 2. The van der Waals surface area contributed by atoms with Crippen LogP contribution >= 0.6 is 0 Å². The largest absolute Gasteiger partial charge is 0.480 e. The lowest BCUT2D eigenvalue weighted by Gasteiger charge is -2.09. The molecule has 1 aliphatic rings. The molecular weight excluding hydrogens is 272 g/mol. The molecule has 1 heterocycles. The van der Waals surface area contributed by atoms with Gasteiger partial charge in [-0.1, -0.05) is 0 Å². The highest BCUT2D eigenvalue weighted by molar-refractivity contribution is 6.16. The van der Waals surface area contributed by atoms with E-state index < -0.39 is 36.0 Å². The molecule has 1 fully saturated rings. The number of carbonyl (C=O) groups is 3. The van der Waals surface area contributed by atoms with Gasteiger partial charge in [0, 0.05) is 11.6 Å². The SMILES string of the molecule is O=C(O)CN1C(=O)C/C(=C\c2cc(F)cc(F)c2)C1=O. The van der Waals surface area contributed by atoms with Crippen LogP contribution in [-0.2, 0) is 14.4 Å².